The van der Waals surface area contributed by atoms with Crippen molar-refractivity contribution < 1.29 is 19.1 Å². The Morgan fingerprint density at radius 2 is 2.14 bits per heavy atom. The van der Waals surface area contributed by atoms with Gasteiger partial charge in [-0.3, -0.25) is 4.79 Å². The molecule has 1 N–H and O–H groups in total. The van der Waals surface area contributed by atoms with E-state index in [2.05, 4.69) is 11.4 Å². The second-order valence-electron chi connectivity index (χ2n) is 7.54. The van der Waals surface area contributed by atoms with Gasteiger partial charge in [0.25, 0.3) is 0 Å². The summed E-state index contributed by atoms with van der Waals surface area (Å²) in [6, 6.07) is -0.528. The predicted octanol–water partition coefficient (Wildman–Crippen LogP) is 3.13. The third-order valence-electron chi connectivity index (χ3n) is 3.87. The highest BCUT2D eigenvalue weighted by atomic mass is 16.6. The first-order chi connectivity index (χ1) is 10.2. The first-order valence-electron chi connectivity index (χ1n) is 8.01. The smallest absolute Gasteiger partial charge is 0.408 e. The molecule has 124 valence electrons. The maximum absolute atomic E-state index is 12.5. The van der Waals surface area contributed by atoms with Crippen molar-refractivity contribution in [2.45, 2.75) is 77.0 Å². The van der Waals surface area contributed by atoms with E-state index in [1.54, 1.807) is 0 Å². The van der Waals surface area contributed by atoms with Crippen molar-refractivity contribution in [3.63, 3.8) is 0 Å². The van der Waals surface area contributed by atoms with Crippen molar-refractivity contribution in [1.29, 1.82) is 0 Å². The zero-order chi connectivity index (χ0) is 16.4. The number of amides is 1. The summed E-state index contributed by atoms with van der Waals surface area (Å²) >= 11 is 0. The van der Waals surface area contributed by atoms with Gasteiger partial charge in [0, 0.05) is 6.42 Å². The number of hydrogen-bond acceptors (Lipinski definition) is 4. The normalized spacial score (nSPS) is 25.4. The van der Waals surface area contributed by atoms with Crippen molar-refractivity contribution in [1.82, 2.24) is 5.32 Å². The summed E-state index contributed by atoms with van der Waals surface area (Å²) < 4.78 is 10.6. The molecule has 1 fully saturated rings. The van der Waals surface area contributed by atoms with Crippen LogP contribution in [0.4, 0.5) is 4.79 Å². The van der Waals surface area contributed by atoms with Gasteiger partial charge in [0.05, 0.1) is 18.2 Å². The largest absolute Gasteiger partial charge is 0.444 e. The van der Waals surface area contributed by atoms with Crippen LogP contribution in [0.25, 0.3) is 0 Å². The van der Waals surface area contributed by atoms with Crippen molar-refractivity contribution in [2.75, 3.05) is 6.61 Å². The molecule has 0 radical (unpaired) electrons. The number of alkyl carbamates (subject to hydrolysis) is 1. The molecule has 0 bridgehead atoms. The van der Waals surface area contributed by atoms with Crippen molar-refractivity contribution in [3.8, 4) is 0 Å². The van der Waals surface area contributed by atoms with E-state index in [9.17, 15) is 9.59 Å². The minimum atomic E-state index is -0.574. The lowest BCUT2D eigenvalue weighted by atomic mass is 9.95. The molecule has 0 spiro atoms. The number of Topliss-reactive ketones (excluding diaryl/α,β-unsaturated/α-hetero) is 1. The Morgan fingerprint density at radius 1 is 1.45 bits per heavy atom. The van der Waals surface area contributed by atoms with Crippen LogP contribution in [-0.4, -0.2) is 35.7 Å². The molecule has 2 unspecified atom stereocenters. The van der Waals surface area contributed by atoms with Gasteiger partial charge in [-0.1, -0.05) is 11.6 Å². The van der Waals surface area contributed by atoms with Gasteiger partial charge >= 0.3 is 6.09 Å². The highest BCUT2D eigenvalue weighted by Gasteiger charge is 2.43. The zero-order valence-corrected chi connectivity index (χ0v) is 14.0. The van der Waals surface area contributed by atoms with Gasteiger partial charge in [-0.05, 0) is 53.4 Å². The number of ketones is 1. The fraction of sp³-hybridized carbons (Fsp3) is 0.765. The van der Waals surface area contributed by atoms with Crippen LogP contribution in [-0.2, 0) is 14.3 Å². The second-order valence-corrected chi connectivity index (χ2v) is 7.54. The first kappa shape index (κ1) is 17.0. The van der Waals surface area contributed by atoms with Gasteiger partial charge in [-0.2, -0.15) is 0 Å². The van der Waals surface area contributed by atoms with E-state index in [0.29, 0.717) is 19.4 Å². The van der Waals surface area contributed by atoms with Gasteiger partial charge in [0.15, 0.2) is 5.78 Å². The van der Waals surface area contributed by atoms with E-state index in [1.807, 2.05) is 27.7 Å². The summed E-state index contributed by atoms with van der Waals surface area (Å²) in [7, 11) is 0. The molecule has 5 heteroatoms. The quantitative estimate of drug-likeness (QED) is 0.604. The topological polar surface area (TPSA) is 67.9 Å². The molecule has 22 heavy (non-hydrogen) atoms. The van der Waals surface area contributed by atoms with Crippen molar-refractivity contribution >= 4 is 11.9 Å². The molecule has 0 aromatic carbocycles. The van der Waals surface area contributed by atoms with Gasteiger partial charge in [-0.15, -0.1) is 0 Å². The third-order valence-corrected chi connectivity index (χ3v) is 3.87. The molecule has 0 saturated carbocycles. The molecule has 1 amide bonds. The predicted molar refractivity (Wildman–Crippen MR) is 83.7 cm³/mol. The van der Waals surface area contributed by atoms with Gasteiger partial charge < -0.3 is 14.8 Å². The highest BCUT2D eigenvalue weighted by Crippen LogP contribution is 2.31. The summed E-state index contributed by atoms with van der Waals surface area (Å²) in [5.41, 5.74) is 0.335. The molecular weight excluding hydrogens is 282 g/mol. The Hall–Kier alpha value is -1.36. The summed E-state index contributed by atoms with van der Waals surface area (Å²) in [6.07, 6.45) is 5.74. The molecule has 5 nitrogen and oxygen atoms in total. The van der Waals surface area contributed by atoms with E-state index < -0.39 is 17.7 Å². The number of allylic oxidation sites excluding steroid dienone is 1. The number of carbonyl (C=O) groups is 2. The standard InChI is InChI=1S/C17H27NO4/c1-16(2,3)22-15(20)18-13(9-12-7-5-6-8-12)14(19)10-17(4)11-21-17/h7,13H,5-6,8-11H2,1-4H3,(H,18,20). The minimum Gasteiger partial charge on any atom is -0.444 e. The molecule has 0 aromatic heterocycles. The lowest BCUT2D eigenvalue weighted by molar-refractivity contribution is -0.122. The number of carbonyl (C=O) groups excluding carboxylic acids is 2. The van der Waals surface area contributed by atoms with E-state index >= 15 is 0 Å². The summed E-state index contributed by atoms with van der Waals surface area (Å²) in [6.45, 7) is 7.96. The lowest BCUT2D eigenvalue weighted by Crippen LogP contribution is -2.44. The molecule has 2 aliphatic rings. The third kappa shape index (κ3) is 5.44. The molecule has 2 atom stereocenters. The Balaban J connectivity index is 1.97. The molecule has 1 aliphatic carbocycles. The van der Waals surface area contributed by atoms with Crippen molar-refractivity contribution in [3.05, 3.63) is 11.6 Å². The van der Waals surface area contributed by atoms with E-state index in [-0.39, 0.29) is 11.4 Å². The Labute approximate surface area is 132 Å². The summed E-state index contributed by atoms with van der Waals surface area (Å²) in [5.74, 6) is 0.0126. The van der Waals surface area contributed by atoms with Crippen molar-refractivity contribution in [2.24, 2.45) is 0 Å². The minimum absolute atomic E-state index is 0.0126. The average Bonchev–Trinajstić information content (AvgIpc) is 2.87. The van der Waals surface area contributed by atoms with Crippen LogP contribution in [0.15, 0.2) is 11.6 Å². The number of epoxide rings is 1. The monoisotopic (exact) mass is 309 g/mol. The van der Waals surface area contributed by atoms with Crippen LogP contribution in [0.5, 0.6) is 0 Å². The SMILES string of the molecule is CC(C)(C)OC(=O)NC(CC1=CCCC1)C(=O)CC1(C)CO1. The van der Waals surface area contributed by atoms with Crippen LogP contribution in [0.3, 0.4) is 0 Å². The first-order valence-corrected chi connectivity index (χ1v) is 8.01. The van der Waals surface area contributed by atoms with Crippen LogP contribution in [0.1, 0.15) is 59.8 Å². The second kappa shape index (κ2) is 6.41. The highest BCUT2D eigenvalue weighted by molar-refractivity contribution is 5.88. The molecule has 1 saturated heterocycles. The Bertz CT molecular complexity index is 472. The van der Waals surface area contributed by atoms with Gasteiger partial charge in [0.1, 0.15) is 5.60 Å². The number of hydrogen-bond donors (Lipinski definition) is 1. The molecule has 2 rings (SSSR count). The number of nitrogens with one attached hydrogen (secondary N) is 1. The molecular formula is C17H27NO4. The van der Waals surface area contributed by atoms with E-state index in [4.69, 9.17) is 9.47 Å². The summed E-state index contributed by atoms with van der Waals surface area (Å²) in [4.78, 5) is 24.5. The lowest BCUT2D eigenvalue weighted by Gasteiger charge is -2.24. The van der Waals surface area contributed by atoms with Crippen LogP contribution in [0, 0.1) is 0 Å². The molecule has 1 aliphatic heterocycles. The van der Waals surface area contributed by atoms with Gasteiger partial charge in [0.2, 0.25) is 0 Å². The van der Waals surface area contributed by atoms with Crippen LogP contribution >= 0.6 is 0 Å². The number of rotatable bonds is 6. The maximum Gasteiger partial charge on any atom is 0.408 e. The Kier molecular flexibility index (Phi) is 4.95. The van der Waals surface area contributed by atoms with Gasteiger partial charge in [-0.25, -0.2) is 4.79 Å². The Morgan fingerprint density at radius 3 is 2.64 bits per heavy atom. The van der Waals surface area contributed by atoms with E-state index in [1.165, 1.54) is 5.57 Å². The summed E-state index contributed by atoms with van der Waals surface area (Å²) in [5, 5.41) is 2.74. The molecule has 1 heterocycles. The van der Waals surface area contributed by atoms with Crippen LogP contribution < -0.4 is 5.32 Å². The fourth-order valence-electron chi connectivity index (χ4n) is 2.60. The zero-order valence-electron chi connectivity index (χ0n) is 14.0. The average molecular weight is 309 g/mol. The van der Waals surface area contributed by atoms with E-state index in [0.717, 1.165) is 19.3 Å². The molecule has 0 aromatic rings. The maximum atomic E-state index is 12.5. The number of ether oxygens (including phenoxy) is 2. The fourth-order valence-corrected chi connectivity index (χ4v) is 2.60. The van der Waals surface area contributed by atoms with Crippen LogP contribution in [0.2, 0.25) is 0 Å².